The molecule has 0 saturated carbocycles. The van der Waals surface area contributed by atoms with E-state index < -0.39 is 5.29 Å². The van der Waals surface area contributed by atoms with E-state index in [1.54, 1.807) is 31.2 Å². The van der Waals surface area contributed by atoms with Crippen LogP contribution >= 0.6 is 11.6 Å². The maximum atomic E-state index is 12.3. The van der Waals surface area contributed by atoms with Gasteiger partial charge in [0.1, 0.15) is 0 Å². The number of nitrogens with zero attached hydrogens (tertiary/aromatic N) is 1. The van der Waals surface area contributed by atoms with E-state index in [0.29, 0.717) is 11.3 Å². The highest BCUT2D eigenvalue weighted by molar-refractivity contribution is 6.30. The van der Waals surface area contributed by atoms with Gasteiger partial charge >= 0.3 is 0 Å². The molecule has 0 unspecified atom stereocenters. The van der Waals surface area contributed by atoms with Crippen molar-refractivity contribution in [3.05, 3.63) is 40.7 Å². The highest BCUT2D eigenvalue weighted by Crippen LogP contribution is 2.13. The first-order valence-corrected chi connectivity index (χ1v) is 4.33. The van der Waals surface area contributed by atoms with Crippen LogP contribution in [0.25, 0.3) is 6.08 Å². The van der Waals surface area contributed by atoms with E-state index in [1.807, 2.05) is 0 Å². The van der Waals surface area contributed by atoms with Gasteiger partial charge < -0.3 is 5.21 Å². The van der Waals surface area contributed by atoms with E-state index in [4.69, 9.17) is 16.8 Å². The maximum Gasteiger partial charge on any atom is 0.189 e. The van der Waals surface area contributed by atoms with Gasteiger partial charge in [0.15, 0.2) is 5.29 Å². The fourth-order valence-electron chi connectivity index (χ4n) is 1.04. The van der Waals surface area contributed by atoms with Crippen molar-refractivity contribution in [1.82, 2.24) is 0 Å². The zero-order valence-electron chi connectivity index (χ0n) is 7.54. The van der Waals surface area contributed by atoms with Crippen LogP contribution in [0.2, 0.25) is 0 Å². The minimum absolute atomic E-state index is 0.468. The largest absolute Gasteiger partial charge is 0.411 e. The number of hydrogen-bond acceptors (Lipinski definition) is 2. The van der Waals surface area contributed by atoms with E-state index in [0.717, 1.165) is 5.56 Å². The van der Waals surface area contributed by atoms with Crippen LogP contribution in [-0.4, -0.2) is 10.9 Å². The van der Waals surface area contributed by atoms with Gasteiger partial charge in [0.05, 0.1) is 5.71 Å². The summed E-state index contributed by atoms with van der Waals surface area (Å²) in [6.45, 7) is 1.65. The lowest BCUT2D eigenvalue weighted by molar-refractivity contribution is 0.319. The Kier molecular flexibility index (Phi) is 3.65. The van der Waals surface area contributed by atoms with Crippen molar-refractivity contribution >= 4 is 23.4 Å². The van der Waals surface area contributed by atoms with Crippen LogP contribution in [0.15, 0.2) is 34.7 Å². The summed E-state index contributed by atoms with van der Waals surface area (Å²) >= 11 is 5.09. The predicted octanol–water partition coefficient (Wildman–Crippen LogP) is 3.39. The number of hydrogen-bond donors (Lipinski definition) is 1. The molecule has 1 rings (SSSR count). The second-order valence-electron chi connectivity index (χ2n) is 2.74. The fraction of sp³-hybridized carbons (Fsp3) is 0.100. The van der Waals surface area contributed by atoms with Crippen molar-refractivity contribution in [3.63, 3.8) is 0 Å². The van der Waals surface area contributed by atoms with Crippen LogP contribution in [-0.2, 0) is 0 Å². The molecule has 14 heavy (non-hydrogen) atoms. The second kappa shape index (κ2) is 4.77. The third-order valence-electron chi connectivity index (χ3n) is 1.73. The summed E-state index contributed by atoms with van der Waals surface area (Å²) in [5.41, 5.74) is 1.81. The molecule has 1 aromatic carbocycles. The third-order valence-corrected chi connectivity index (χ3v) is 1.84. The van der Waals surface area contributed by atoms with Gasteiger partial charge in [0, 0.05) is 0 Å². The molecule has 74 valence electrons. The molecule has 2 nitrogen and oxygen atoms in total. The van der Waals surface area contributed by atoms with E-state index in [1.165, 1.54) is 6.08 Å². The number of oxime groups is 1. The summed E-state index contributed by atoms with van der Waals surface area (Å²) < 4.78 is 12.3. The van der Waals surface area contributed by atoms with Crippen LogP contribution in [0.4, 0.5) is 4.39 Å². The average Bonchev–Trinajstić information content (AvgIpc) is 2.16. The minimum atomic E-state index is -0.777. The Morgan fingerprint density at radius 2 is 2.29 bits per heavy atom. The molecule has 0 atom stereocenters. The molecule has 0 saturated heterocycles. The Bertz CT molecular complexity index is 383. The molecular weight excluding hydrogens is 205 g/mol. The first-order valence-electron chi connectivity index (χ1n) is 3.95. The fourth-order valence-corrected chi connectivity index (χ4v) is 1.16. The molecule has 0 radical (unpaired) electrons. The van der Waals surface area contributed by atoms with Gasteiger partial charge in [0.2, 0.25) is 0 Å². The minimum Gasteiger partial charge on any atom is -0.411 e. The predicted molar refractivity (Wildman–Crippen MR) is 55.4 cm³/mol. The van der Waals surface area contributed by atoms with Crippen LogP contribution in [0.5, 0.6) is 0 Å². The molecule has 4 heteroatoms. The van der Waals surface area contributed by atoms with Gasteiger partial charge in [-0.2, -0.15) is 4.39 Å². The molecule has 0 spiro atoms. The van der Waals surface area contributed by atoms with Crippen molar-refractivity contribution in [3.8, 4) is 0 Å². The zero-order chi connectivity index (χ0) is 10.6. The van der Waals surface area contributed by atoms with Crippen molar-refractivity contribution in [2.45, 2.75) is 6.92 Å². The lowest BCUT2D eigenvalue weighted by atomic mass is 10.1. The van der Waals surface area contributed by atoms with Gasteiger partial charge in [-0.15, -0.1) is 0 Å². The van der Waals surface area contributed by atoms with Gasteiger partial charge in [-0.3, -0.25) is 0 Å². The van der Waals surface area contributed by atoms with Crippen molar-refractivity contribution < 1.29 is 9.60 Å². The summed E-state index contributed by atoms with van der Waals surface area (Å²) in [6.07, 6.45) is 1.19. The Labute approximate surface area is 86.3 Å². The Balaban J connectivity index is 3.08. The van der Waals surface area contributed by atoms with E-state index in [9.17, 15) is 4.39 Å². The molecule has 0 aromatic heterocycles. The summed E-state index contributed by atoms with van der Waals surface area (Å²) in [5.74, 6) is 0. The molecule has 0 fully saturated rings. The van der Waals surface area contributed by atoms with Gasteiger partial charge in [-0.05, 0) is 30.2 Å². The highest BCUT2D eigenvalue weighted by atomic mass is 35.5. The molecular formula is C10H9ClFNO. The van der Waals surface area contributed by atoms with E-state index >= 15 is 0 Å². The summed E-state index contributed by atoms with van der Waals surface area (Å²) in [6, 6.07) is 6.88. The normalized spacial score (nSPS) is 13.1. The average molecular weight is 214 g/mol. The Morgan fingerprint density at radius 3 is 2.86 bits per heavy atom. The van der Waals surface area contributed by atoms with Gasteiger partial charge in [0.25, 0.3) is 0 Å². The van der Waals surface area contributed by atoms with Crippen LogP contribution in [0.3, 0.4) is 0 Å². The topological polar surface area (TPSA) is 32.6 Å². The highest BCUT2D eigenvalue weighted by Gasteiger charge is 1.98. The molecule has 0 aliphatic rings. The quantitative estimate of drug-likeness (QED) is 0.456. The molecule has 0 amide bonds. The summed E-state index contributed by atoms with van der Waals surface area (Å²) in [4.78, 5) is 0. The van der Waals surface area contributed by atoms with Gasteiger partial charge in [-0.1, -0.05) is 35.0 Å². The van der Waals surface area contributed by atoms with Crippen LogP contribution in [0, 0.1) is 0 Å². The number of rotatable bonds is 2. The first kappa shape index (κ1) is 10.7. The van der Waals surface area contributed by atoms with Crippen molar-refractivity contribution in [1.29, 1.82) is 0 Å². The standard InChI is InChI=1S/C10H9ClFNO/c1-7(13-14)9-4-2-3-8(5-9)6-10(11)12/h2-6,14H,1H3. The molecule has 0 aliphatic carbocycles. The summed E-state index contributed by atoms with van der Waals surface area (Å²) in [7, 11) is 0. The number of benzene rings is 1. The third kappa shape index (κ3) is 2.85. The second-order valence-corrected chi connectivity index (χ2v) is 3.11. The van der Waals surface area contributed by atoms with E-state index in [-0.39, 0.29) is 0 Å². The summed E-state index contributed by atoms with van der Waals surface area (Å²) in [5, 5.41) is 10.8. The number of halogens is 2. The van der Waals surface area contributed by atoms with Crippen LogP contribution < -0.4 is 0 Å². The molecule has 0 bridgehead atoms. The lowest BCUT2D eigenvalue weighted by Gasteiger charge is -1.99. The molecule has 0 heterocycles. The van der Waals surface area contributed by atoms with E-state index in [2.05, 4.69) is 5.16 Å². The first-order chi connectivity index (χ1) is 6.63. The Hall–Kier alpha value is -1.35. The van der Waals surface area contributed by atoms with Crippen molar-refractivity contribution in [2.24, 2.45) is 5.16 Å². The Morgan fingerprint density at radius 1 is 1.57 bits per heavy atom. The smallest absolute Gasteiger partial charge is 0.189 e. The van der Waals surface area contributed by atoms with Crippen LogP contribution in [0.1, 0.15) is 18.1 Å². The van der Waals surface area contributed by atoms with Crippen molar-refractivity contribution in [2.75, 3.05) is 0 Å². The monoisotopic (exact) mass is 213 g/mol. The maximum absolute atomic E-state index is 12.3. The lowest BCUT2D eigenvalue weighted by Crippen LogP contribution is -1.93. The molecule has 1 N–H and O–H groups in total. The molecule has 0 aliphatic heterocycles. The van der Waals surface area contributed by atoms with Gasteiger partial charge in [-0.25, -0.2) is 0 Å². The molecule has 1 aromatic rings. The SMILES string of the molecule is CC(=NO)c1cccc(C=C(F)Cl)c1. The zero-order valence-corrected chi connectivity index (χ0v) is 8.29.